The lowest BCUT2D eigenvalue weighted by atomic mass is 9.77. The van der Waals surface area contributed by atoms with Crippen LogP contribution in [-0.2, 0) is 23.7 Å². The van der Waals surface area contributed by atoms with Crippen LogP contribution in [0.4, 0.5) is 0 Å². The summed E-state index contributed by atoms with van der Waals surface area (Å²) >= 11 is 0. The second-order valence-electron chi connectivity index (χ2n) is 8.15. The van der Waals surface area contributed by atoms with Crippen LogP contribution in [0.5, 0.6) is 0 Å². The second kappa shape index (κ2) is 8.54. The van der Waals surface area contributed by atoms with Gasteiger partial charge in [-0.1, -0.05) is 18.6 Å². The minimum Gasteiger partial charge on any atom is -0.494 e. The molecule has 0 radical (unpaired) electrons. The molecular formula is C20H30O10. The van der Waals surface area contributed by atoms with Gasteiger partial charge in [0.05, 0.1) is 20.8 Å². The minimum atomic E-state index is -1.86. The number of carbonyl (C=O) groups is 1. The standard InChI is InChI=1S/C20H30O10/c1-8(7-29-19-13(23)16(24)20(26)17(25)18(20)30-19)5-6-10-9(2)11(21)14(27-3)15(28-4)12(10)22/h5,9-10,12-13,16-19,22-26H,6-7H2,1-4H3/b8-5+/t9?,10?,12?,13?,16?,17?,18?,19-,20?/m0/s1. The molecule has 0 aromatic heterocycles. The zero-order chi connectivity index (χ0) is 22.4. The van der Waals surface area contributed by atoms with Crippen LogP contribution in [0.15, 0.2) is 23.2 Å². The molecule has 1 heterocycles. The summed E-state index contributed by atoms with van der Waals surface area (Å²) in [6, 6.07) is 0. The van der Waals surface area contributed by atoms with Crippen LogP contribution in [-0.4, -0.2) is 94.6 Å². The number of ketones is 1. The molecule has 8 unspecified atom stereocenters. The molecule has 3 aliphatic rings. The van der Waals surface area contributed by atoms with Crippen molar-refractivity contribution >= 4 is 5.78 Å². The molecule has 1 saturated heterocycles. The quantitative estimate of drug-likeness (QED) is 0.304. The first-order valence-electron chi connectivity index (χ1n) is 9.83. The highest BCUT2D eigenvalue weighted by atomic mass is 16.7. The van der Waals surface area contributed by atoms with Gasteiger partial charge in [0.15, 0.2) is 17.7 Å². The van der Waals surface area contributed by atoms with Crippen molar-refractivity contribution in [3.8, 4) is 0 Å². The van der Waals surface area contributed by atoms with E-state index >= 15 is 0 Å². The number of hydrogen-bond donors (Lipinski definition) is 5. The number of fused-ring (bicyclic) bond motifs is 1. The molecule has 30 heavy (non-hydrogen) atoms. The molecule has 2 aliphatic carbocycles. The van der Waals surface area contributed by atoms with Gasteiger partial charge in [0.2, 0.25) is 11.5 Å². The van der Waals surface area contributed by atoms with Crippen LogP contribution in [0.2, 0.25) is 0 Å². The summed E-state index contributed by atoms with van der Waals surface area (Å²) < 4.78 is 21.1. The van der Waals surface area contributed by atoms with Crippen molar-refractivity contribution in [2.45, 2.75) is 62.7 Å². The van der Waals surface area contributed by atoms with Gasteiger partial charge >= 0.3 is 0 Å². The molecule has 10 heteroatoms. The Morgan fingerprint density at radius 2 is 1.83 bits per heavy atom. The summed E-state index contributed by atoms with van der Waals surface area (Å²) in [6.07, 6.45) is -5.44. The van der Waals surface area contributed by atoms with E-state index in [-0.39, 0.29) is 23.9 Å². The Bertz CT molecular complexity index is 733. The van der Waals surface area contributed by atoms with Gasteiger partial charge < -0.3 is 44.5 Å². The molecular weight excluding hydrogens is 400 g/mol. The second-order valence-corrected chi connectivity index (χ2v) is 8.15. The predicted octanol–water partition coefficient (Wildman–Crippen LogP) is -1.41. The Kier molecular flexibility index (Phi) is 6.59. The average molecular weight is 430 g/mol. The van der Waals surface area contributed by atoms with Crippen molar-refractivity contribution in [2.75, 3.05) is 20.8 Å². The Morgan fingerprint density at radius 3 is 2.43 bits per heavy atom. The molecule has 0 bridgehead atoms. The Morgan fingerprint density at radius 1 is 1.17 bits per heavy atom. The van der Waals surface area contributed by atoms with E-state index in [4.69, 9.17) is 18.9 Å². The molecule has 0 aromatic rings. The minimum absolute atomic E-state index is 0.0296. The summed E-state index contributed by atoms with van der Waals surface area (Å²) in [5, 5.41) is 50.3. The van der Waals surface area contributed by atoms with Gasteiger partial charge in [0.1, 0.15) is 30.5 Å². The van der Waals surface area contributed by atoms with Crippen molar-refractivity contribution in [3.05, 3.63) is 23.2 Å². The maximum atomic E-state index is 12.5. The van der Waals surface area contributed by atoms with E-state index in [1.54, 1.807) is 19.9 Å². The fourth-order valence-corrected chi connectivity index (χ4v) is 4.14. The van der Waals surface area contributed by atoms with Crippen LogP contribution in [0.25, 0.3) is 0 Å². The van der Waals surface area contributed by atoms with Gasteiger partial charge in [-0.3, -0.25) is 4.79 Å². The third-order valence-corrected chi connectivity index (χ3v) is 6.28. The average Bonchev–Trinajstić information content (AvgIpc) is 3.26. The number of ether oxygens (including phenoxy) is 4. The first kappa shape index (κ1) is 23.1. The molecule has 10 nitrogen and oxygen atoms in total. The molecule has 170 valence electrons. The van der Waals surface area contributed by atoms with Crippen LogP contribution >= 0.6 is 0 Å². The molecule has 0 amide bonds. The van der Waals surface area contributed by atoms with Gasteiger partial charge in [0.25, 0.3) is 0 Å². The topological polar surface area (TPSA) is 155 Å². The predicted molar refractivity (Wildman–Crippen MR) is 101 cm³/mol. The van der Waals surface area contributed by atoms with Crippen LogP contribution in [0.1, 0.15) is 20.3 Å². The lowest BCUT2D eigenvalue weighted by Crippen LogP contribution is -2.54. The summed E-state index contributed by atoms with van der Waals surface area (Å²) in [5.74, 6) is -1.00. The number of rotatable bonds is 7. The van der Waals surface area contributed by atoms with E-state index in [1.807, 2.05) is 0 Å². The smallest absolute Gasteiger partial charge is 0.204 e. The Balaban J connectivity index is 1.59. The zero-order valence-electron chi connectivity index (χ0n) is 17.4. The normalized spacial score (nSPS) is 44.0. The van der Waals surface area contributed by atoms with Crippen LogP contribution in [0, 0.1) is 11.8 Å². The van der Waals surface area contributed by atoms with Gasteiger partial charge in [-0.2, -0.15) is 0 Å². The summed E-state index contributed by atoms with van der Waals surface area (Å²) in [7, 11) is 2.72. The fourth-order valence-electron chi connectivity index (χ4n) is 4.14. The number of aliphatic hydroxyl groups is 5. The van der Waals surface area contributed by atoms with Gasteiger partial charge in [0, 0.05) is 11.8 Å². The van der Waals surface area contributed by atoms with Gasteiger partial charge in [-0.05, 0) is 13.3 Å². The lowest BCUT2D eigenvalue weighted by molar-refractivity contribution is -0.268. The summed E-state index contributed by atoms with van der Waals surface area (Å²) in [5.41, 5.74) is -1.12. The molecule has 1 aliphatic heterocycles. The molecule has 5 N–H and O–H groups in total. The van der Waals surface area contributed by atoms with E-state index < -0.39 is 54.2 Å². The number of Topliss-reactive ketones (excluding diaryl/α,β-unsaturated/α-hetero) is 1. The molecule has 3 rings (SSSR count). The third kappa shape index (κ3) is 3.66. The first-order valence-corrected chi connectivity index (χ1v) is 9.83. The van der Waals surface area contributed by atoms with Crippen molar-refractivity contribution in [2.24, 2.45) is 11.8 Å². The fraction of sp³-hybridized carbons (Fsp3) is 0.750. The van der Waals surface area contributed by atoms with Crippen LogP contribution in [0.3, 0.4) is 0 Å². The highest BCUT2D eigenvalue weighted by molar-refractivity contribution is 5.97. The summed E-state index contributed by atoms with van der Waals surface area (Å²) in [6.45, 7) is 3.53. The molecule has 1 saturated carbocycles. The monoisotopic (exact) mass is 430 g/mol. The third-order valence-electron chi connectivity index (χ3n) is 6.28. The maximum absolute atomic E-state index is 12.5. The number of carbonyl (C=O) groups excluding carboxylic acids is 1. The molecule has 2 fully saturated rings. The number of allylic oxidation sites excluding steroid dienone is 2. The Hall–Kier alpha value is -1.53. The number of aliphatic hydroxyl groups excluding tert-OH is 4. The number of hydrogen-bond acceptors (Lipinski definition) is 10. The van der Waals surface area contributed by atoms with E-state index in [0.717, 1.165) is 5.57 Å². The van der Waals surface area contributed by atoms with Gasteiger partial charge in [-0.15, -0.1) is 0 Å². The van der Waals surface area contributed by atoms with E-state index in [1.165, 1.54) is 14.2 Å². The van der Waals surface area contributed by atoms with E-state index in [9.17, 15) is 30.3 Å². The SMILES string of the molecule is COC1=C(OC)C(O)C(C/C=C(\C)CO[C@H]2OC3C(O)C3(O)C(O)C2O)C(C)C1=O. The lowest BCUT2D eigenvalue weighted by Gasteiger charge is -2.34. The van der Waals surface area contributed by atoms with Crippen molar-refractivity contribution in [1.82, 2.24) is 0 Å². The maximum Gasteiger partial charge on any atom is 0.204 e. The number of methoxy groups -OCH3 is 2. The summed E-state index contributed by atoms with van der Waals surface area (Å²) in [4.78, 5) is 12.5. The van der Waals surface area contributed by atoms with Crippen molar-refractivity contribution in [1.29, 1.82) is 0 Å². The van der Waals surface area contributed by atoms with E-state index in [2.05, 4.69) is 0 Å². The zero-order valence-corrected chi connectivity index (χ0v) is 17.4. The van der Waals surface area contributed by atoms with Crippen molar-refractivity contribution in [3.63, 3.8) is 0 Å². The van der Waals surface area contributed by atoms with E-state index in [0.29, 0.717) is 6.42 Å². The van der Waals surface area contributed by atoms with Crippen molar-refractivity contribution < 1.29 is 49.3 Å². The molecule has 0 aromatic carbocycles. The van der Waals surface area contributed by atoms with Gasteiger partial charge in [-0.25, -0.2) is 0 Å². The van der Waals surface area contributed by atoms with Crippen LogP contribution < -0.4 is 0 Å². The first-order chi connectivity index (χ1) is 14.1. The highest BCUT2D eigenvalue weighted by Gasteiger charge is 2.75. The largest absolute Gasteiger partial charge is 0.494 e. The Labute approximate surface area is 174 Å². The highest BCUT2D eigenvalue weighted by Crippen LogP contribution is 2.48. The molecule has 0 spiro atoms. The molecule has 9 atom stereocenters.